The average Bonchev–Trinajstić information content (AvgIpc) is 2.86. The zero-order valence-electron chi connectivity index (χ0n) is 10.1. The fraction of sp³-hybridized carbons (Fsp3) is 0.0769. The number of thiophene rings is 1. The molecule has 0 bridgehead atoms. The van der Waals surface area contributed by atoms with E-state index in [1.807, 2.05) is 0 Å². The second-order valence-corrected chi connectivity index (χ2v) is 4.79. The molecule has 0 atom stereocenters. The van der Waals surface area contributed by atoms with E-state index in [-0.39, 0.29) is 21.9 Å². The van der Waals surface area contributed by atoms with Crippen molar-refractivity contribution in [2.75, 3.05) is 0 Å². The van der Waals surface area contributed by atoms with Crippen LogP contribution in [-0.2, 0) is 6.18 Å². The Balaban J connectivity index is 2.32. The van der Waals surface area contributed by atoms with Crippen molar-refractivity contribution < 1.29 is 27.8 Å². The first-order valence-electron chi connectivity index (χ1n) is 5.42. The molecule has 21 heavy (non-hydrogen) atoms. The van der Waals surface area contributed by atoms with Crippen LogP contribution in [0.2, 0.25) is 0 Å². The number of hydrogen-bond donors (Lipinski definition) is 1. The second-order valence-electron chi connectivity index (χ2n) is 3.87. The van der Waals surface area contributed by atoms with Crippen molar-refractivity contribution in [3.8, 4) is 17.6 Å². The Hall–Kier alpha value is -2.53. The zero-order valence-corrected chi connectivity index (χ0v) is 11.0. The lowest BCUT2D eigenvalue weighted by Gasteiger charge is -2.10. The molecule has 0 aliphatic carbocycles. The first-order valence-corrected chi connectivity index (χ1v) is 6.30. The highest BCUT2D eigenvalue weighted by molar-refractivity contribution is 7.12. The van der Waals surface area contributed by atoms with Gasteiger partial charge in [-0.25, -0.2) is 4.79 Å². The molecule has 1 aromatic heterocycles. The van der Waals surface area contributed by atoms with Crippen molar-refractivity contribution in [3.63, 3.8) is 0 Å². The predicted octanol–water partition coefficient (Wildman–Crippen LogP) is 4.13. The molecule has 0 aliphatic heterocycles. The van der Waals surface area contributed by atoms with Crippen LogP contribution in [0, 0.1) is 11.3 Å². The molecule has 2 aromatic rings. The number of aromatic carboxylic acids is 1. The molecule has 0 spiro atoms. The van der Waals surface area contributed by atoms with Crippen LogP contribution in [0.1, 0.15) is 20.8 Å². The molecule has 1 heterocycles. The average molecular weight is 313 g/mol. The van der Waals surface area contributed by atoms with Gasteiger partial charge in [-0.05, 0) is 18.2 Å². The number of carboxylic acid groups (broad SMARTS) is 1. The molecular formula is C13H6F3NO3S. The number of hydrogen-bond acceptors (Lipinski definition) is 4. The second kappa shape index (κ2) is 5.46. The third kappa shape index (κ3) is 3.32. The molecule has 0 amide bonds. The van der Waals surface area contributed by atoms with Gasteiger partial charge in [0.1, 0.15) is 22.4 Å². The van der Waals surface area contributed by atoms with Gasteiger partial charge in [-0.15, -0.1) is 11.3 Å². The first-order chi connectivity index (χ1) is 9.81. The molecule has 0 unspecified atom stereocenters. The largest absolute Gasteiger partial charge is 0.477 e. The molecule has 0 saturated carbocycles. The topological polar surface area (TPSA) is 70.3 Å². The molecule has 0 radical (unpaired) electrons. The molecular weight excluding hydrogens is 307 g/mol. The number of benzene rings is 1. The lowest BCUT2D eigenvalue weighted by molar-refractivity contribution is -0.137. The molecule has 1 N–H and O–H groups in total. The SMILES string of the molecule is N#Cc1cc(C(F)(F)F)ccc1Oc1csc(C(=O)O)c1. The minimum Gasteiger partial charge on any atom is -0.477 e. The van der Waals surface area contributed by atoms with E-state index in [1.54, 1.807) is 6.07 Å². The fourth-order valence-corrected chi connectivity index (χ4v) is 2.14. The Labute approximate surface area is 120 Å². The maximum absolute atomic E-state index is 12.5. The number of ether oxygens (including phenoxy) is 1. The summed E-state index contributed by atoms with van der Waals surface area (Å²) in [5.41, 5.74) is -1.24. The maximum atomic E-state index is 12.5. The van der Waals surface area contributed by atoms with E-state index < -0.39 is 17.7 Å². The molecule has 0 aliphatic rings. The van der Waals surface area contributed by atoms with Gasteiger partial charge in [-0.2, -0.15) is 18.4 Å². The summed E-state index contributed by atoms with van der Waals surface area (Å²) in [5.74, 6) is -1.06. The van der Waals surface area contributed by atoms with Crippen LogP contribution in [0.25, 0.3) is 0 Å². The first kappa shape index (κ1) is 14.9. The number of halogens is 3. The summed E-state index contributed by atoms with van der Waals surface area (Å²) in [6.07, 6.45) is -4.55. The highest BCUT2D eigenvalue weighted by Gasteiger charge is 2.31. The number of nitriles is 1. The normalized spacial score (nSPS) is 11.0. The van der Waals surface area contributed by atoms with Crippen LogP contribution in [0.4, 0.5) is 13.2 Å². The van der Waals surface area contributed by atoms with Crippen molar-refractivity contribution in [2.24, 2.45) is 0 Å². The summed E-state index contributed by atoms with van der Waals surface area (Å²) in [7, 11) is 0. The van der Waals surface area contributed by atoms with Gasteiger partial charge >= 0.3 is 12.1 Å². The van der Waals surface area contributed by atoms with E-state index in [0.717, 1.165) is 23.5 Å². The predicted molar refractivity (Wildman–Crippen MR) is 67.5 cm³/mol. The summed E-state index contributed by atoms with van der Waals surface area (Å²) in [6.45, 7) is 0. The Morgan fingerprint density at radius 2 is 2.05 bits per heavy atom. The number of carboxylic acids is 1. The van der Waals surface area contributed by atoms with Crippen LogP contribution >= 0.6 is 11.3 Å². The molecule has 2 rings (SSSR count). The number of alkyl halides is 3. The Morgan fingerprint density at radius 3 is 2.57 bits per heavy atom. The summed E-state index contributed by atoms with van der Waals surface area (Å²) < 4.78 is 42.9. The van der Waals surface area contributed by atoms with Gasteiger partial charge in [0.05, 0.1) is 11.1 Å². The van der Waals surface area contributed by atoms with Gasteiger partial charge in [0, 0.05) is 11.4 Å². The number of rotatable bonds is 3. The third-order valence-electron chi connectivity index (χ3n) is 2.44. The van der Waals surface area contributed by atoms with E-state index in [1.165, 1.54) is 11.4 Å². The van der Waals surface area contributed by atoms with Crippen LogP contribution in [0.5, 0.6) is 11.5 Å². The van der Waals surface area contributed by atoms with Gasteiger partial charge in [0.15, 0.2) is 0 Å². The third-order valence-corrected chi connectivity index (χ3v) is 3.34. The number of carbonyl (C=O) groups is 1. The molecule has 0 saturated heterocycles. The van der Waals surface area contributed by atoms with Gasteiger partial charge in [0.2, 0.25) is 0 Å². The lowest BCUT2D eigenvalue weighted by atomic mass is 10.1. The van der Waals surface area contributed by atoms with Crippen LogP contribution < -0.4 is 4.74 Å². The van der Waals surface area contributed by atoms with Crippen molar-refractivity contribution >= 4 is 17.3 Å². The van der Waals surface area contributed by atoms with Gasteiger partial charge < -0.3 is 9.84 Å². The van der Waals surface area contributed by atoms with Gasteiger partial charge in [0.25, 0.3) is 0 Å². The number of nitrogens with zero attached hydrogens (tertiary/aromatic N) is 1. The van der Waals surface area contributed by atoms with E-state index in [2.05, 4.69) is 0 Å². The Bertz CT molecular complexity index is 731. The minimum absolute atomic E-state index is 0.0235. The van der Waals surface area contributed by atoms with E-state index in [0.29, 0.717) is 6.07 Å². The Morgan fingerprint density at radius 1 is 1.33 bits per heavy atom. The fourth-order valence-electron chi connectivity index (χ4n) is 1.49. The highest BCUT2D eigenvalue weighted by atomic mass is 32.1. The van der Waals surface area contributed by atoms with Crippen molar-refractivity contribution in [1.82, 2.24) is 0 Å². The van der Waals surface area contributed by atoms with E-state index in [9.17, 15) is 18.0 Å². The standard InChI is InChI=1S/C13H6F3NO3S/c14-13(15,16)8-1-2-10(7(3-8)5-17)20-9-4-11(12(18)19)21-6-9/h1-4,6H,(H,18,19). The maximum Gasteiger partial charge on any atom is 0.416 e. The molecule has 0 fully saturated rings. The Kier molecular flexibility index (Phi) is 3.86. The van der Waals surface area contributed by atoms with Gasteiger partial charge in [-0.1, -0.05) is 0 Å². The summed E-state index contributed by atoms with van der Waals surface area (Å²) in [5, 5.41) is 19.1. The minimum atomic E-state index is -4.55. The summed E-state index contributed by atoms with van der Waals surface area (Å²) in [6, 6.07) is 5.35. The summed E-state index contributed by atoms with van der Waals surface area (Å²) >= 11 is 0.910. The van der Waals surface area contributed by atoms with Gasteiger partial charge in [-0.3, -0.25) is 0 Å². The summed E-state index contributed by atoms with van der Waals surface area (Å²) in [4.78, 5) is 10.7. The zero-order chi connectivity index (χ0) is 15.6. The van der Waals surface area contributed by atoms with Crippen molar-refractivity contribution in [1.29, 1.82) is 5.26 Å². The van der Waals surface area contributed by atoms with Crippen LogP contribution in [-0.4, -0.2) is 11.1 Å². The molecule has 108 valence electrons. The monoisotopic (exact) mass is 313 g/mol. The molecule has 4 nitrogen and oxygen atoms in total. The lowest BCUT2D eigenvalue weighted by Crippen LogP contribution is -2.05. The van der Waals surface area contributed by atoms with Crippen LogP contribution in [0.3, 0.4) is 0 Å². The quantitative estimate of drug-likeness (QED) is 0.925. The van der Waals surface area contributed by atoms with Crippen LogP contribution in [0.15, 0.2) is 29.6 Å². The van der Waals surface area contributed by atoms with Crippen molar-refractivity contribution in [3.05, 3.63) is 45.6 Å². The molecule has 1 aromatic carbocycles. The van der Waals surface area contributed by atoms with E-state index in [4.69, 9.17) is 15.1 Å². The highest BCUT2D eigenvalue weighted by Crippen LogP contribution is 2.34. The molecule has 8 heteroatoms. The van der Waals surface area contributed by atoms with E-state index >= 15 is 0 Å². The smallest absolute Gasteiger partial charge is 0.416 e. The van der Waals surface area contributed by atoms with Crippen molar-refractivity contribution in [2.45, 2.75) is 6.18 Å².